The molecule has 0 spiro atoms. The van der Waals surface area contributed by atoms with E-state index in [0.717, 1.165) is 0 Å². The van der Waals surface area contributed by atoms with Crippen LogP contribution in [0.1, 0.15) is 24.9 Å². The Morgan fingerprint density at radius 1 is 1.62 bits per heavy atom. The molecule has 0 radical (unpaired) electrons. The molecule has 0 bridgehead atoms. The molecular weight excluding hydrogens is 299 g/mol. The molecule has 0 fully saturated rings. The summed E-state index contributed by atoms with van der Waals surface area (Å²) < 4.78 is 18.8. The molecule has 5 nitrogen and oxygen atoms in total. The lowest BCUT2D eigenvalue weighted by Gasteiger charge is -2.20. The van der Waals surface area contributed by atoms with Gasteiger partial charge in [-0.05, 0) is 25.1 Å². The summed E-state index contributed by atoms with van der Waals surface area (Å²) in [6.45, 7) is 1.88. The third-order valence-corrected chi connectivity index (χ3v) is 3.20. The maximum absolute atomic E-state index is 14.0. The first-order valence-corrected chi connectivity index (χ1v) is 6.73. The number of carbonyl (C=O) groups excluding carboxylic acids is 1. The van der Waals surface area contributed by atoms with Crippen molar-refractivity contribution in [2.45, 2.75) is 19.4 Å². The van der Waals surface area contributed by atoms with Crippen LogP contribution in [0.2, 0.25) is 5.02 Å². The first-order chi connectivity index (χ1) is 10.0. The predicted molar refractivity (Wildman–Crippen MR) is 75.8 cm³/mol. The van der Waals surface area contributed by atoms with Crippen molar-refractivity contribution in [1.29, 1.82) is 0 Å². The molecule has 0 aliphatic carbocycles. The van der Waals surface area contributed by atoms with Crippen molar-refractivity contribution in [2.24, 2.45) is 4.99 Å². The minimum absolute atomic E-state index is 0.0269. The smallest absolute Gasteiger partial charge is 0.356 e. The summed E-state index contributed by atoms with van der Waals surface area (Å²) in [5.74, 6) is -1.14. The van der Waals surface area contributed by atoms with Crippen molar-refractivity contribution in [3.63, 3.8) is 0 Å². The van der Waals surface area contributed by atoms with Crippen LogP contribution < -0.4 is 5.48 Å². The van der Waals surface area contributed by atoms with Crippen molar-refractivity contribution in [1.82, 2.24) is 5.48 Å². The highest BCUT2D eigenvalue weighted by atomic mass is 35.5. The van der Waals surface area contributed by atoms with Crippen LogP contribution in [0.25, 0.3) is 0 Å². The summed E-state index contributed by atoms with van der Waals surface area (Å²) >= 11 is 5.72. The predicted octanol–water partition coefficient (Wildman–Crippen LogP) is 2.79. The molecule has 1 aromatic rings. The van der Waals surface area contributed by atoms with Gasteiger partial charge in [0.2, 0.25) is 0 Å². The van der Waals surface area contributed by atoms with Crippen molar-refractivity contribution >= 4 is 23.3 Å². The number of nitrogens with zero attached hydrogens (tertiary/aromatic N) is 1. The van der Waals surface area contributed by atoms with Crippen molar-refractivity contribution < 1.29 is 19.1 Å². The summed E-state index contributed by atoms with van der Waals surface area (Å²) in [5, 5.41) is 9.33. The van der Waals surface area contributed by atoms with E-state index < -0.39 is 17.8 Å². The van der Waals surface area contributed by atoms with Gasteiger partial charge in [-0.3, -0.25) is 15.7 Å². The summed E-state index contributed by atoms with van der Waals surface area (Å²) in [6, 6.07) is 3.60. The SMILES string of the molecule is CCOC(=O)C1=NC(c2ccc(Cl)cc2F)CC(NO)=C1. The Labute approximate surface area is 126 Å². The Balaban J connectivity index is 2.35. The second-order valence-corrected chi connectivity index (χ2v) is 4.84. The second kappa shape index (κ2) is 6.69. The second-order valence-electron chi connectivity index (χ2n) is 4.40. The van der Waals surface area contributed by atoms with Crippen LogP contribution in [0.4, 0.5) is 4.39 Å². The molecule has 0 aromatic heterocycles. The quantitative estimate of drug-likeness (QED) is 0.662. The number of rotatable bonds is 4. The zero-order chi connectivity index (χ0) is 15.4. The van der Waals surface area contributed by atoms with E-state index in [4.69, 9.17) is 21.5 Å². The average molecular weight is 313 g/mol. The lowest BCUT2D eigenvalue weighted by atomic mass is 9.98. The fourth-order valence-corrected chi connectivity index (χ4v) is 2.19. The number of hydrogen-bond donors (Lipinski definition) is 2. The zero-order valence-electron chi connectivity index (χ0n) is 11.3. The van der Waals surface area contributed by atoms with Gasteiger partial charge in [0.05, 0.1) is 12.6 Å². The average Bonchev–Trinajstić information content (AvgIpc) is 2.47. The number of esters is 1. The molecule has 1 atom stereocenters. The summed E-state index contributed by atoms with van der Waals surface area (Å²) in [4.78, 5) is 15.9. The number of hydroxylamine groups is 1. The molecule has 2 rings (SSSR count). The third kappa shape index (κ3) is 3.59. The number of aliphatic imine (C=N–C) groups is 1. The van der Waals surface area contributed by atoms with Crippen LogP contribution in [0.15, 0.2) is 35.0 Å². The fraction of sp³-hybridized carbons (Fsp3) is 0.286. The molecule has 1 heterocycles. The largest absolute Gasteiger partial charge is 0.461 e. The van der Waals surface area contributed by atoms with E-state index in [1.807, 2.05) is 5.48 Å². The van der Waals surface area contributed by atoms with E-state index in [-0.39, 0.29) is 23.8 Å². The summed E-state index contributed by atoms with van der Waals surface area (Å²) in [7, 11) is 0. The van der Waals surface area contributed by atoms with E-state index in [0.29, 0.717) is 11.3 Å². The topological polar surface area (TPSA) is 70.9 Å². The first kappa shape index (κ1) is 15.5. The van der Waals surface area contributed by atoms with E-state index in [9.17, 15) is 9.18 Å². The number of carbonyl (C=O) groups is 1. The highest BCUT2D eigenvalue weighted by Crippen LogP contribution is 2.31. The fourth-order valence-electron chi connectivity index (χ4n) is 2.03. The van der Waals surface area contributed by atoms with Gasteiger partial charge >= 0.3 is 5.97 Å². The van der Waals surface area contributed by atoms with Crippen molar-refractivity contribution in [3.05, 3.63) is 46.4 Å². The van der Waals surface area contributed by atoms with Gasteiger partial charge in [-0.15, -0.1) is 0 Å². The van der Waals surface area contributed by atoms with E-state index >= 15 is 0 Å². The maximum atomic E-state index is 14.0. The molecule has 1 aliphatic rings. The Morgan fingerprint density at radius 2 is 2.38 bits per heavy atom. The highest BCUT2D eigenvalue weighted by molar-refractivity contribution is 6.41. The molecule has 0 amide bonds. The third-order valence-electron chi connectivity index (χ3n) is 2.97. The molecule has 7 heteroatoms. The summed E-state index contributed by atoms with van der Waals surface area (Å²) in [6.07, 6.45) is 1.61. The van der Waals surface area contributed by atoms with E-state index in [1.54, 1.807) is 13.0 Å². The lowest BCUT2D eigenvalue weighted by molar-refractivity contribution is -0.134. The number of hydrogen-bond acceptors (Lipinski definition) is 5. The van der Waals surface area contributed by atoms with Crippen molar-refractivity contribution in [2.75, 3.05) is 6.61 Å². The number of halogens is 2. The van der Waals surface area contributed by atoms with Gasteiger partial charge in [-0.1, -0.05) is 17.7 Å². The van der Waals surface area contributed by atoms with Gasteiger partial charge in [0, 0.05) is 22.7 Å². The molecule has 1 aliphatic heterocycles. The maximum Gasteiger partial charge on any atom is 0.356 e. The molecular formula is C14H14ClFN2O3. The minimum Gasteiger partial charge on any atom is -0.461 e. The molecule has 0 saturated carbocycles. The molecule has 21 heavy (non-hydrogen) atoms. The molecule has 1 aromatic carbocycles. The molecule has 2 N–H and O–H groups in total. The Bertz CT molecular complexity index is 616. The van der Waals surface area contributed by atoms with Gasteiger partial charge in [-0.2, -0.15) is 0 Å². The van der Waals surface area contributed by atoms with Crippen LogP contribution in [-0.4, -0.2) is 23.5 Å². The summed E-state index contributed by atoms with van der Waals surface area (Å²) in [5.41, 5.74) is 2.66. The number of benzene rings is 1. The van der Waals surface area contributed by atoms with Crippen LogP contribution in [-0.2, 0) is 9.53 Å². The number of ether oxygens (including phenoxy) is 1. The van der Waals surface area contributed by atoms with E-state index in [1.165, 1.54) is 18.2 Å². The molecule has 1 unspecified atom stereocenters. The van der Waals surface area contributed by atoms with Gasteiger partial charge in [-0.25, -0.2) is 9.18 Å². The van der Waals surface area contributed by atoms with Crippen molar-refractivity contribution in [3.8, 4) is 0 Å². The van der Waals surface area contributed by atoms with Crippen LogP contribution in [0, 0.1) is 5.82 Å². The van der Waals surface area contributed by atoms with Gasteiger partial charge in [0.1, 0.15) is 11.5 Å². The monoisotopic (exact) mass is 312 g/mol. The Hall–Kier alpha value is -1.92. The van der Waals surface area contributed by atoms with Gasteiger partial charge in [0.15, 0.2) is 0 Å². The first-order valence-electron chi connectivity index (χ1n) is 6.35. The van der Waals surface area contributed by atoms with Crippen LogP contribution in [0.3, 0.4) is 0 Å². The lowest BCUT2D eigenvalue weighted by Crippen LogP contribution is -2.24. The van der Waals surface area contributed by atoms with Crippen LogP contribution >= 0.6 is 11.6 Å². The minimum atomic E-state index is -0.638. The zero-order valence-corrected chi connectivity index (χ0v) is 12.0. The molecule has 0 saturated heterocycles. The highest BCUT2D eigenvalue weighted by Gasteiger charge is 2.24. The van der Waals surface area contributed by atoms with E-state index in [2.05, 4.69) is 4.99 Å². The number of nitrogens with one attached hydrogen (secondary N) is 1. The van der Waals surface area contributed by atoms with Crippen LogP contribution in [0.5, 0.6) is 0 Å². The van der Waals surface area contributed by atoms with Gasteiger partial charge < -0.3 is 4.74 Å². The number of dihydropyridines is 1. The standard InChI is InChI=1S/C14H14ClFN2O3/c1-2-21-14(19)13-7-9(18-20)6-12(17-13)10-4-3-8(15)5-11(10)16/h3-5,7,12,18,20H,2,6H2,1H3. The Morgan fingerprint density at radius 3 is 3.00 bits per heavy atom. The van der Waals surface area contributed by atoms with Gasteiger partial charge in [0.25, 0.3) is 0 Å². The Kier molecular flexibility index (Phi) is 4.93. The normalized spacial score (nSPS) is 17.8. The molecule has 112 valence electrons.